The Bertz CT molecular complexity index is 1310. The molecular weight excluding hydrogens is 491 g/mol. The van der Waals surface area contributed by atoms with Crippen LogP contribution in [0.5, 0.6) is 11.5 Å². The van der Waals surface area contributed by atoms with Crippen molar-refractivity contribution < 1.29 is 23.8 Å². The first-order chi connectivity index (χ1) is 18.7. The third kappa shape index (κ3) is 6.29. The lowest BCUT2D eigenvalue weighted by Crippen LogP contribution is -2.17. The highest BCUT2D eigenvalue weighted by molar-refractivity contribution is 5.71. The molecule has 2 atom stereocenters. The van der Waals surface area contributed by atoms with E-state index in [4.69, 9.17) is 9.47 Å². The Morgan fingerprint density at radius 1 is 0.974 bits per heavy atom. The molecule has 0 aliphatic heterocycles. The zero-order valence-electron chi connectivity index (χ0n) is 23.9. The minimum Gasteiger partial charge on any atom is -0.497 e. The molecule has 39 heavy (non-hydrogen) atoms. The Hall–Kier alpha value is -3.34. The zero-order valence-corrected chi connectivity index (χ0v) is 23.9. The largest absolute Gasteiger partial charge is 0.497 e. The summed E-state index contributed by atoms with van der Waals surface area (Å²) in [5, 5.41) is 9.26. The smallest absolute Gasteiger partial charge is 0.303 e. The van der Waals surface area contributed by atoms with Gasteiger partial charge in [-0.1, -0.05) is 58.4 Å². The summed E-state index contributed by atoms with van der Waals surface area (Å²) in [6.45, 7) is 9.00. The van der Waals surface area contributed by atoms with E-state index in [1.54, 1.807) is 19.2 Å². The molecule has 0 amide bonds. The molecule has 0 spiro atoms. The van der Waals surface area contributed by atoms with Crippen molar-refractivity contribution in [2.45, 2.75) is 84.7 Å². The molecule has 1 N–H and O–H groups in total. The number of halogens is 1. The van der Waals surface area contributed by atoms with Crippen molar-refractivity contribution in [1.29, 1.82) is 0 Å². The molecule has 0 aromatic heterocycles. The van der Waals surface area contributed by atoms with E-state index in [0.717, 1.165) is 60.1 Å². The van der Waals surface area contributed by atoms with Gasteiger partial charge in [0.05, 0.1) is 13.5 Å². The maximum absolute atomic E-state index is 15.0. The van der Waals surface area contributed by atoms with Crippen LogP contribution in [0.3, 0.4) is 0 Å². The first-order valence-electron chi connectivity index (χ1n) is 14.2. The summed E-state index contributed by atoms with van der Waals surface area (Å²) >= 11 is 0. The van der Waals surface area contributed by atoms with E-state index in [9.17, 15) is 9.90 Å². The molecular formula is C34H41FO4. The van der Waals surface area contributed by atoms with Gasteiger partial charge in [0.1, 0.15) is 23.9 Å². The van der Waals surface area contributed by atoms with Gasteiger partial charge in [-0.05, 0) is 101 Å². The molecule has 3 aromatic rings. The van der Waals surface area contributed by atoms with Crippen molar-refractivity contribution in [2.75, 3.05) is 7.11 Å². The van der Waals surface area contributed by atoms with Crippen LogP contribution in [0.2, 0.25) is 0 Å². The first kappa shape index (κ1) is 28.7. The second-order valence-corrected chi connectivity index (χ2v) is 11.2. The third-order valence-corrected chi connectivity index (χ3v) is 8.36. The van der Waals surface area contributed by atoms with Gasteiger partial charge < -0.3 is 14.6 Å². The second-order valence-electron chi connectivity index (χ2n) is 11.2. The van der Waals surface area contributed by atoms with Gasteiger partial charge >= 0.3 is 5.97 Å². The van der Waals surface area contributed by atoms with Gasteiger partial charge in [-0.3, -0.25) is 4.79 Å². The lowest BCUT2D eigenvalue weighted by atomic mass is 9.75. The SMILES string of the molecule is CC.COc1ccc(F)c(-c2ccc(COc3ccc4c(c3)C(CC(=O)O)CC4)cc2C2CCCC2(C)C)c1. The summed E-state index contributed by atoms with van der Waals surface area (Å²) in [6, 6.07) is 17.2. The Labute approximate surface area is 232 Å². The molecule has 1 saturated carbocycles. The average Bonchev–Trinajstić information content (AvgIpc) is 3.50. The molecule has 208 valence electrons. The van der Waals surface area contributed by atoms with Crippen molar-refractivity contribution in [2.24, 2.45) is 5.41 Å². The molecule has 0 saturated heterocycles. The number of carbonyl (C=O) groups is 1. The molecule has 0 heterocycles. The van der Waals surface area contributed by atoms with Crippen LogP contribution in [0.1, 0.15) is 93.9 Å². The number of aliphatic carboxylic acids is 1. The van der Waals surface area contributed by atoms with Gasteiger partial charge in [0.15, 0.2) is 0 Å². The van der Waals surface area contributed by atoms with Crippen LogP contribution in [0.4, 0.5) is 4.39 Å². The van der Waals surface area contributed by atoms with Crippen LogP contribution in [-0.2, 0) is 17.8 Å². The highest BCUT2D eigenvalue weighted by Gasteiger charge is 2.37. The van der Waals surface area contributed by atoms with Crippen LogP contribution < -0.4 is 9.47 Å². The maximum atomic E-state index is 15.0. The van der Waals surface area contributed by atoms with E-state index in [0.29, 0.717) is 23.8 Å². The predicted molar refractivity (Wildman–Crippen MR) is 154 cm³/mol. The van der Waals surface area contributed by atoms with Crippen molar-refractivity contribution in [3.05, 3.63) is 82.7 Å². The van der Waals surface area contributed by atoms with Gasteiger partial charge in [-0.2, -0.15) is 0 Å². The molecule has 4 nitrogen and oxygen atoms in total. The van der Waals surface area contributed by atoms with Gasteiger partial charge in [-0.15, -0.1) is 0 Å². The van der Waals surface area contributed by atoms with E-state index in [1.807, 2.05) is 38.1 Å². The minimum absolute atomic E-state index is 0.0456. The molecule has 3 aromatic carbocycles. The number of methoxy groups -OCH3 is 1. The van der Waals surface area contributed by atoms with E-state index >= 15 is 4.39 Å². The molecule has 2 unspecified atom stereocenters. The Morgan fingerprint density at radius 3 is 2.44 bits per heavy atom. The Morgan fingerprint density at radius 2 is 1.74 bits per heavy atom. The monoisotopic (exact) mass is 532 g/mol. The topological polar surface area (TPSA) is 55.8 Å². The predicted octanol–water partition coefficient (Wildman–Crippen LogP) is 8.90. The summed E-state index contributed by atoms with van der Waals surface area (Å²) < 4.78 is 26.6. The number of hydrogen-bond donors (Lipinski definition) is 1. The standard InChI is InChI=1S/C32H35FO4.C2H6/c1-32(2)14-4-5-29(32)27-15-20(6-12-25(27)28-17-23(36-3)11-13-30(28)33)19-37-24-10-9-21-7-8-22(16-31(34)35)26(21)18-24;1-2/h6,9-13,15,17-18,22,29H,4-5,7-8,14,16,19H2,1-3H3,(H,34,35);1-2H3. The van der Waals surface area contributed by atoms with E-state index in [-0.39, 0.29) is 23.6 Å². The fourth-order valence-electron chi connectivity index (χ4n) is 6.32. The molecule has 5 rings (SSSR count). The number of fused-ring (bicyclic) bond motifs is 1. The van der Waals surface area contributed by atoms with Crippen molar-refractivity contribution in [3.63, 3.8) is 0 Å². The van der Waals surface area contributed by atoms with E-state index in [2.05, 4.69) is 26.0 Å². The Balaban J connectivity index is 0.00000172. The van der Waals surface area contributed by atoms with Gasteiger partial charge in [0.2, 0.25) is 0 Å². The van der Waals surface area contributed by atoms with Crippen molar-refractivity contribution in [1.82, 2.24) is 0 Å². The van der Waals surface area contributed by atoms with Crippen LogP contribution in [0.15, 0.2) is 54.6 Å². The van der Waals surface area contributed by atoms with E-state index < -0.39 is 5.97 Å². The summed E-state index contributed by atoms with van der Waals surface area (Å²) in [7, 11) is 1.60. The van der Waals surface area contributed by atoms with Gasteiger partial charge in [0, 0.05) is 5.56 Å². The van der Waals surface area contributed by atoms with E-state index in [1.165, 1.54) is 11.6 Å². The molecule has 2 aliphatic carbocycles. The average molecular weight is 533 g/mol. The first-order valence-corrected chi connectivity index (χ1v) is 14.2. The number of carboxylic acids is 1. The van der Waals surface area contributed by atoms with Gasteiger partial charge in [0.25, 0.3) is 0 Å². The zero-order chi connectivity index (χ0) is 28.2. The lowest BCUT2D eigenvalue weighted by Gasteiger charge is -2.30. The quantitative estimate of drug-likeness (QED) is 0.315. The highest BCUT2D eigenvalue weighted by atomic mass is 19.1. The number of carboxylic acid groups (broad SMARTS) is 1. The lowest BCUT2D eigenvalue weighted by molar-refractivity contribution is -0.137. The van der Waals surface area contributed by atoms with Crippen molar-refractivity contribution >= 4 is 5.97 Å². The second kappa shape index (κ2) is 12.2. The molecule has 0 bridgehead atoms. The fourth-order valence-corrected chi connectivity index (χ4v) is 6.32. The third-order valence-electron chi connectivity index (χ3n) is 8.36. The molecule has 2 aliphatic rings. The van der Waals surface area contributed by atoms with Crippen LogP contribution in [-0.4, -0.2) is 18.2 Å². The van der Waals surface area contributed by atoms with Gasteiger partial charge in [-0.25, -0.2) is 4.39 Å². The van der Waals surface area contributed by atoms with Crippen LogP contribution >= 0.6 is 0 Å². The summed E-state index contributed by atoms with van der Waals surface area (Å²) in [6.07, 6.45) is 5.31. The van der Waals surface area contributed by atoms with Crippen molar-refractivity contribution in [3.8, 4) is 22.6 Å². The maximum Gasteiger partial charge on any atom is 0.303 e. The fraction of sp³-hybridized carbons (Fsp3) is 0.441. The minimum atomic E-state index is -0.765. The summed E-state index contributed by atoms with van der Waals surface area (Å²) in [5.41, 5.74) is 6.11. The number of hydrogen-bond acceptors (Lipinski definition) is 3. The number of ether oxygens (including phenoxy) is 2. The molecule has 0 radical (unpaired) electrons. The normalized spacial score (nSPS) is 19.1. The molecule has 1 fully saturated rings. The summed E-state index contributed by atoms with van der Waals surface area (Å²) in [4.78, 5) is 11.3. The number of aryl methyl sites for hydroxylation is 1. The van der Waals surface area contributed by atoms with Crippen LogP contribution in [0.25, 0.3) is 11.1 Å². The number of rotatable bonds is 8. The van der Waals surface area contributed by atoms with Crippen LogP contribution in [0, 0.1) is 11.2 Å². The highest BCUT2D eigenvalue weighted by Crippen LogP contribution is 2.51. The summed E-state index contributed by atoms with van der Waals surface area (Å²) in [5.74, 6) is 0.740. The Kier molecular flexibility index (Phi) is 8.99. The molecule has 5 heteroatoms. The number of benzene rings is 3.